The van der Waals surface area contributed by atoms with Crippen molar-refractivity contribution in [3.8, 4) is 0 Å². The van der Waals surface area contributed by atoms with Crippen molar-refractivity contribution in [3.05, 3.63) is 0 Å². The van der Waals surface area contributed by atoms with Gasteiger partial charge in [0.15, 0.2) is 0 Å². The van der Waals surface area contributed by atoms with Crippen LogP contribution in [0.15, 0.2) is 0 Å². The quantitative estimate of drug-likeness (QED) is 0.354. The minimum Gasteiger partial charge on any atom is -0.312 e. The van der Waals surface area contributed by atoms with Crippen molar-refractivity contribution >= 4 is 7.75 Å². The lowest BCUT2D eigenvalue weighted by Gasteiger charge is -2.27. The second-order valence-electron chi connectivity index (χ2n) is 2.01. The van der Waals surface area contributed by atoms with Gasteiger partial charge >= 0.3 is 7.75 Å². The van der Waals surface area contributed by atoms with E-state index in [4.69, 9.17) is 9.79 Å². The van der Waals surface area contributed by atoms with Gasteiger partial charge in [-0.05, 0) is 0 Å². The lowest BCUT2D eigenvalue weighted by molar-refractivity contribution is 0.220. The van der Waals surface area contributed by atoms with Gasteiger partial charge in [0, 0.05) is 6.67 Å². The summed E-state index contributed by atoms with van der Waals surface area (Å²) in [6.07, 6.45) is 0. The van der Waals surface area contributed by atoms with Crippen molar-refractivity contribution in [2.45, 2.75) is 0 Å². The molecule has 0 aromatic rings. The fourth-order valence-corrected chi connectivity index (χ4v) is 1.27. The van der Waals surface area contributed by atoms with Crippen molar-refractivity contribution in [2.24, 2.45) is 0 Å². The largest absolute Gasteiger partial charge is 0.405 e. The molecule has 60 valence electrons. The molecule has 6 nitrogen and oxygen atoms in total. The molecule has 0 aromatic heterocycles. The fourth-order valence-electron chi connectivity index (χ4n) is 0.698. The van der Waals surface area contributed by atoms with Gasteiger partial charge in [-0.25, -0.2) is 4.57 Å². The average molecular weight is 167 g/mol. The minimum absolute atomic E-state index is 0.233. The molecule has 4 N–H and O–H groups in total. The molecule has 0 aliphatic carbocycles. The first-order chi connectivity index (χ1) is 4.61. The second-order valence-corrected chi connectivity index (χ2v) is 3.60. The lowest BCUT2D eigenvalue weighted by atomic mass is 10.8. The Hall–Kier alpha value is 0.0300. The van der Waals surface area contributed by atoms with E-state index in [0.717, 1.165) is 4.67 Å². The van der Waals surface area contributed by atoms with E-state index in [2.05, 4.69) is 10.6 Å². The Balaban J connectivity index is 2.47. The summed E-state index contributed by atoms with van der Waals surface area (Å²) in [5.74, 6) is 0. The van der Waals surface area contributed by atoms with Gasteiger partial charge in [-0.1, -0.05) is 0 Å². The molecule has 0 atom stereocenters. The van der Waals surface area contributed by atoms with Gasteiger partial charge in [0.05, 0.1) is 13.3 Å². The monoisotopic (exact) mass is 167 g/mol. The zero-order valence-corrected chi connectivity index (χ0v) is 6.21. The molecular formula is C3H10N3O3P. The highest BCUT2D eigenvalue weighted by atomic mass is 31.2. The van der Waals surface area contributed by atoms with Crippen molar-refractivity contribution in [1.29, 1.82) is 0 Å². The molecule has 0 unspecified atom stereocenters. The van der Waals surface area contributed by atoms with Crippen LogP contribution in [-0.4, -0.2) is 34.5 Å². The molecule has 0 aromatic carbocycles. The molecule has 0 radical (unpaired) electrons. The topological polar surface area (TPSA) is 84.8 Å². The van der Waals surface area contributed by atoms with Gasteiger partial charge in [0.2, 0.25) is 0 Å². The Kier molecular flexibility index (Phi) is 2.40. The first-order valence-electron chi connectivity index (χ1n) is 2.83. The molecule has 0 amide bonds. The van der Waals surface area contributed by atoms with Gasteiger partial charge in [-0.3, -0.25) is 10.6 Å². The van der Waals surface area contributed by atoms with Gasteiger partial charge in [-0.15, -0.1) is 0 Å². The highest BCUT2D eigenvalue weighted by Crippen LogP contribution is 2.38. The summed E-state index contributed by atoms with van der Waals surface area (Å²) in [7, 11) is -4.03. The molecule has 1 saturated heterocycles. The third-order valence-corrected chi connectivity index (χ3v) is 2.23. The Labute approximate surface area is 58.4 Å². The summed E-state index contributed by atoms with van der Waals surface area (Å²) in [6.45, 7) is 1.06. The van der Waals surface area contributed by atoms with E-state index in [0.29, 0.717) is 6.67 Å². The Morgan fingerprint density at radius 2 is 1.80 bits per heavy atom. The molecule has 0 saturated carbocycles. The maximum absolute atomic E-state index is 10.5. The molecule has 7 heteroatoms. The van der Waals surface area contributed by atoms with Gasteiger partial charge in [-0.2, -0.15) is 4.67 Å². The maximum atomic E-state index is 10.5. The number of rotatable bonds is 1. The smallest absolute Gasteiger partial charge is 0.312 e. The average Bonchev–Trinajstić information content (AvgIpc) is 1.88. The first-order valence-corrected chi connectivity index (χ1v) is 4.39. The zero-order chi connectivity index (χ0) is 7.61. The zero-order valence-electron chi connectivity index (χ0n) is 5.32. The maximum Gasteiger partial charge on any atom is 0.405 e. The SMILES string of the molecule is O=P(O)(O)N1CNCNC1. The van der Waals surface area contributed by atoms with E-state index in [1.807, 2.05) is 0 Å². The number of hydrogen-bond acceptors (Lipinski definition) is 3. The van der Waals surface area contributed by atoms with Crippen LogP contribution in [0.2, 0.25) is 0 Å². The first kappa shape index (κ1) is 8.13. The van der Waals surface area contributed by atoms with Crippen LogP contribution >= 0.6 is 7.75 Å². The summed E-state index contributed by atoms with van der Waals surface area (Å²) in [5, 5.41) is 5.53. The predicted octanol–water partition coefficient (Wildman–Crippen LogP) is -1.55. The molecule has 1 rings (SSSR count). The second kappa shape index (κ2) is 2.96. The van der Waals surface area contributed by atoms with E-state index >= 15 is 0 Å². The van der Waals surface area contributed by atoms with Crippen LogP contribution in [0.25, 0.3) is 0 Å². The molecule has 1 heterocycles. The summed E-state index contributed by atoms with van der Waals surface area (Å²) >= 11 is 0. The van der Waals surface area contributed by atoms with Crippen LogP contribution in [-0.2, 0) is 4.57 Å². The number of nitrogens with zero attached hydrogens (tertiary/aromatic N) is 1. The lowest BCUT2D eigenvalue weighted by Crippen LogP contribution is -2.48. The van der Waals surface area contributed by atoms with E-state index in [1.165, 1.54) is 0 Å². The molecule has 1 aliphatic rings. The minimum atomic E-state index is -4.03. The van der Waals surface area contributed by atoms with Crippen molar-refractivity contribution < 1.29 is 14.4 Å². The highest BCUT2D eigenvalue weighted by Gasteiger charge is 2.25. The molecule has 1 aliphatic heterocycles. The fraction of sp³-hybridized carbons (Fsp3) is 1.00. The summed E-state index contributed by atoms with van der Waals surface area (Å²) in [4.78, 5) is 17.2. The number of nitrogens with one attached hydrogen (secondary N) is 2. The predicted molar refractivity (Wildman–Crippen MR) is 34.8 cm³/mol. The standard InChI is InChI=1S/C3H10N3O3P/c7-10(8,9)6-2-4-1-5-3-6/h4-5H,1-3H2,(H2,7,8,9). The van der Waals surface area contributed by atoms with E-state index in [9.17, 15) is 4.57 Å². The highest BCUT2D eigenvalue weighted by molar-refractivity contribution is 7.49. The van der Waals surface area contributed by atoms with Crippen molar-refractivity contribution in [2.75, 3.05) is 20.0 Å². The van der Waals surface area contributed by atoms with Gasteiger partial charge in [0.25, 0.3) is 0 Å². The Morgan fingerprint density at radius 1 is 1.30 bits per heavy atom. The normalized spacial score (nSPS) is 23.0. The van der Waals surface area contributed by atoms with Crippen LogP contribution in [0.5, 0.6) is 0 Å². The molecule has 0 bridgehead atoms. The van der Waals surface area contributed by atoms with E-state index < -0.39 is 7.75 Å². The van der Waals surface area contributed by atoms with Crippen LogP contribution in [0.1, 0.15) is 0 Å². The van der Waals surface area contributed by atoms with Crippen LogP contribution in [0.3, 0.4) is 0 Å². The van der Waals surface area contributed by atoms with Crippen LogP contribution in [0, 0.1) is 0 Å². The molecule has 0 spiro atoms. The van der Waals surface area contributed by atoms with E-state index in [-0.39, 0.29) is 13.3 Å². The van der Waals surface area contributed by atoms with Crippen molar-refractivity contribution in [1.82, 2.24) is 15.3 Å². The Bertz CT molecular complexity index is 151. The summed E-state index contributed by atoms with van der Waals surface area (Å²) in [5.41, 5.74) is 0. The third-order valence-electron chi connectivity index (χ3n) is 1.21. The van der Waals surface area contributed by atoms with E-state index in [1.54, 1.807) is 0 Å². The molecular weight excluding hydrogens is 157 g/mol. The summed E-state index contributed by atoms with van der Waals surface area (Å²) < 4.78 is 11.6. The number of hydrogen-bond donors (Lipinski definition) is 4. The molecule has 10 heavy (non-hydrogen) atoms. The Morgan fingerprint density at radius 3 is 2.10 bits per heavy atom. The van der Waals surface area contributed by atoms with Gasteiger partial charge < -0.3 is 9.79 Å². The van der Waals surface area contributed by atoms with Crippen LogP contribution in [0.4, 0.5) is 0 Å². The van der Waals surface area contributed by atoms with Gasteiger partial charge in [0.1, 0.15) is 0 Å². The molecule has 1 fully saturated rings. The van der Waals surface area contributed by atoms with Crippen LogP contribution < -0.4 is 10.6 Å². The van der Waals surface area contributed by atoms with Crippen molar-refractivity contribution in [3.63, 3.8) is 0 Å². The summed E-state index contributed by atoms with van der Waals surface area (Å²) in [6, 6.07) is 0. The third kappa shape index (κ3) is 2.02.